The van der Waals surface area contributed by atoms with Gasteiger partial charge in [0.05, 0.1) is 22.6 Å². The normalized spacial score (nSPS) is 15.8. The first-order chi connectivity index (χ1) is 11.5. The summed E-state index contributed by atoms with van der Waals surface area (Å²) in [6, 6.07) is 13.9. The van der Waals surface area contributed by atoms with E-state index in [1.165, 1.54) is 11.8 Å². The molecule has 2 N–H and O–H groups in total. The summed E-state index contributed by atoms with van der Waals surface area (Å²) >= 11 is 7.25. The van der Waals surface area contributed by atoms with Crippen molar-refractivity contribution in [3.05, 3.63) is 53.1 Å². The highest BCUT2D eigenvalue weighted by Gasteiger charge is 2.29. The van der Waals surface area contributed by atoms with Gasteiger partial charge in [-0.15, -0.1) is 11.8 Å². The van der Waals surface area contributed by atoms with E-state index in [2.05, 4.69) is 10.6 Å². The number of thioether (sulfide) groups is 1. The van der Waals surface area contributed by atoms with E-state index in [-0.39, 0.29) is 18.2 Å². The monoisotopic (exact) mass is 357 g/mol. The third-order valence-corrected chi connectivity index (χ3v) is 4.92. The second kappa shape index (κ2) is 6.95. The third-order valence-electron chi connectivity index (χ3n) is 3.41. The Morgan fingerprint density at radius 1 is 1.33 bits per heavy atom. The molecule has 1 aliphatic rings. The molecule has 5 nitrogen and oxygen atoms in total. The molecule has 0 radical (unpaired) electrons. The van der Waals surface area contributed by atoms with E-state index in [9.17, 15) is 9.59 Å². The van der Waals surface area contributed by atoms with Crippen LogP contribution in [0.4, 0.5) is 11.4 Å². The maximum atomic E-state index is 12.2. The summed E-state index contributed by atoms with van der Waals surface area (Å²) in [5.41, 5.74) is 1.66. The topological polar surface area (TPSA) is 82.0 Å². The SMILES string of the molecule is N#Cc1cccc(NC(=O)CC2Sc3ccc(Cl)cc3NC2=O)c1. The minimum atomic E-state index is -0.516. The maximum absolute atomic E-state index is 12.2. The molecule has 1 unspecified atom stereocenters. The number of hydrogen-bond donors (Lipinski definition) is 2. The number of hydrogen-bond acceptors (Lipinski definition) is 4. The highest BCUT2D eigenvalue weighted by atomic mass is 35.5. The van der Waals surface area contributed by atoms with Gasteiger partial charge in [0, 0.05) is 22.0 Å². The van der Waals surface area contributed by atoms with Gasteiger partial charge in [-0.05, 0) is 36.4 Å². The van der Waals surface area contributed by atoms with Crippen molar-refractivity contribution in [1.29, 1.82) is 5.26 Å². The molecule has 3 rings (SSSR count). The Morgan fingerprint density at radius 3 is 2.96 bits per heavy atom. The quantitative estimate of drug-likeness (QED) is 0.878. The minimum absolute atomic E-state index is 0.0371. The Hall–Kier alpha value is -2.49. The number of rotatable bonds is 3. The van der Waals surface area contributed by atoms with Gasteiger partial charge >= 0.3 is 0 Å². The zero-order valence-electron chi connectivity index (χ0n) is 12.4. The minimum Gasteiger partial charge on any atom is -0.326 e. The van der Waals surface area contributed by atoms with Gasteiger partial charge in [0.1, 0.15) is 0 Å². The summed E-state index contributed by atoms with van der Waals surface area (Å²) in [5, 5.41) is 14.4. The molecule has 2 aromatic carbocycles. The molecule has 0 spiro atoms. The fourth-order valence-corrected chi connectivity index (χ4v) is 3.57. The van der Waals surface area contributed by atoms with Crippen LogP contribution in [0.25, 0.3) is 0 Å². The van der Waals surface area contributed by atoms with Crippen LogP contribution in [-0.4, -0.2) is 17.1 Å². The molecule has 0 aliphatic carbocycles. The molecule has 1 aliphatic heterocycles. The first-order valence-corrected chi connectivity index (χ1v) is 8.38. The molecule has 2 aromatic rings. The van der Waals surface area contributed by atoms with Gasteiger partial charge in [-0.2, -0.15) is 5.26 Å². The second-order valence-electron chi connectivity index (χ2n) is 5.18. The Bertz CT molecular complexity index is 863. The van der Waals surface area contributed by atoms with Crippen molar-refractivity contribution < 1.29 is 9.59 Å². The summed E-state index contributed by atoms with van der Waals surface area (Å²) in [7, 11) is 0. The average Bonchev–Trinajstić information content (AvgIpc) is 2.56. The molecule has 0 saturated heterocycles. The smallest absolute Gasteiger partial charge is 0.238 e. The van der Waals surface area contributed by atoms with Crippen LogP contribution in [0.3, 0.4) is 0 Å². The summed E-state index contributed by atoms with van der Waals surface area (Å²) in [6.45, 7) is 0. The molecule has 0 aromatic heterocycles. The van der Waals surface area contributed by atoms with E-state index >= 15 is 0 Å². The number of nitrogens with one attached hydrogen (secondary N) is 2. The molecule has 1 atom stereocenters. The average molecular weight is 358 g/mol. The lowest BCUT2D eigenvalue weighted by Gasteiger charge is -2.23. The lowest BCUT2D eigenvalue weighted by molar-refractivity contribution is -0.120. The van der Waals surface area contributed by atoms with Gasteiger partial charge in [0.15, 0.2) is 0 Å². The van der Waals surface area contributed by atoms with Gasteiger partial charge in [-0.3, -0.25) is 9.59 Å². The van der Waals surface area contributed by atoms with Crippen LogP contribution >= 0.6 is 23.4 Å². The van der Waals surface area contributed by atoms with Crippen molar-refractivity contribution in [3.8, 4) is 6.07 Å². The molecular formula is C17H12ClN3O2S. The lowest BCUT2D eigenvalue weighted by atomic mass is 10.2. The molecule has 0 bridgehead atoms. The Morgan fingerprint density at radius 2 is 2.17 bits per heavy atom. The maximum Gasteiger partial charge on any atom is 0.238 e. The molecule has 24 heavy (non-hydrogen) atoms. The van der Waals surface area contributed by atoms with Gasteiger partial charge in [-0.25, -0.2) is 0 Å². The summed E-state index contributed by atoms with van der Waals surface area (Å²) < 4.78 is 0. The lowest BCUT2D eigenvalue weighted by Crippen LogP contribution is -2.32. The van der Waals surface area contributed by atoms with Crippen LogP contribution in [0.15, 0.2) is 47.4 Å². The first-order valence-electron chi connectivity index (χ1n) is 7.12. The zero-order valence-corrected chi connectivity index (χ0v) is 13.9. The number of nitriles is 1. The largest absolute Gasteiger partial charge is 0.326 e. The summed E-state index contributed by atoms with van der Waals surface area (Å²) in [6.07, 6.45) is 0.0371. The van der Waals surface area contributed by atoms with Gasteiger partial charge in [0.25, 0.3) is 0 Å². The molecule has 7 heteroatoms. The standard InChI is InChI=1S/C17H12ClN3O2S/c18-11-4-5-14-13(7-11)21-17(23)15(24-14)8-16(22)20-12-3-1-2-10(6-12)9-19/h1-7,15H,8H2,(H,20,22)(H,21,23). The Balaban J connectivity index is 1.67. The van der Waals surface area contributed by atoms with E-state index < -0.39 is 5.25 Å². The highest BCUT2D eigenvalue weighted by molar-refractivity contribution is 8.01. The number of fused-ring (bicyclic) bond motifs is 1. The van der Waals surface area contributed by atoms with E-state index in [4.69, 9.17) is 16.9 Å². The number of carbonyl (C=O) groups is 2. The van der Waals surface area contributed by atoms with E-state index in [0.29, 0.717) is 22.0 Å². The van der Waals surface area contributed by atoms with E-state index in [0.717, 1.165) is 4.90 Å². The Labute approximate surface area is 148 Å². The zero-order chi connectivity index (χ0) is 17.1. The molecule has 0 saturated carbocycles. The van der Waals surface area contributed by atoms with Crippen LogP contribution in [-0.2, 0) is 9.59 Å². The summed E-state index contributed by atoms with van der Waals surface area (Å²) in [4.78, 5) is 25.2. The highest BCUT2D eigenvalue weighted by Crippen LogP contribution is 2.38. The van der Waals surface area contributed by atoms with Crippen molar-refractivity contribution in [2.45, 2.75) is 16.6 Å². The van der Waals surface area contributed by atoms with Crippen molar-refractivity contribution in [1.82, 2.24) is 0 Å². The third kappa shape index (κ3) is 3.70. The van der Waals surface area contributed by atoms with Gasteiger partial charge in [-0.1, -0.05) is 17.7 Å². The second-order valence-corrected chi connectivity index (χ2v) is 6.86. The number of amides is 2. The van der Waals surface area contributed by atoms with Gasteiger partial charge < -0.3 is 10.6 Å². The van der Waals surface area contributed by atoms with Gasteiger partial charge in [0.2, 0.25) is 11.8 Å². The van der Waals surface area contributed by atoms with Crippen molar-refractivity contribution >= 4 is 46.6 Å². The number of anilines is 2. The van der Waals surface area contributed by atoms with Crippen molar-refractivity contribution in [2.24, 2.45) is 0 Å². The molecular weight excluding hydrogens is 346 g/mol. The Kier molecular flexibility index (Phi) is 4.74. The van der Waals surface area contributed by atoms with Crippen LogP contribution in [0.2, 0.25) is 5.02 Å². The molecule has 2 amide bonds. The predicted octanol–water partition coefficient (Wildman–Crippen LogP) is 3.65. The van der Waals surface area contributed by atoms with Crippen molar-refractivity contribution in [2.75, 3.05) is 10.6 Å². The molecule has 120 valence electrons. The van der Waals surface area contributed by atoms with Crippen LogP contribution in [0.5, 0.6) is 0 Å². The van der Waals surface area contributed by atoms with E-state index in [1.54, 1.807) is 36.4 Å². The van der Waals surface area contributed by atoms with Crippen LogP contribution in [0.1, 0.15) is 12.0 Å². The number of carbonyl (C=O) groups excluding carboxylic acids is 2. The first kappa shape index (κ1) is 16.4. The van der Waals surface area contributed by atoms with Crippen LogP contribution < -0.4 is 10.6 Å². The fourth-order valence-electron chi connectivity index (χ4n) is 2.30. The molecule has 0 fully saturated rings. The van der Waals surface area contributed by atoms with Crippen molar-refractivity contribution in [3.63, 3.8) is 0 Å². The summed E-state index contributed by atoms with van der Waals surface area (Å²) in [5.74, 6) is -0.508. The van der Waals surface area contributed by atoms with Crippen LogP contribution in [0, 0.1) is 11.3 Å². The number of benzene rings is 2. The number of nitrogens with zero attached hydrogens (tertiary/aromatic N) is 1. The predicted molar refractivity (Wildman–Crippen MR) is 94.1 cm³/mol. The fraction of sp³-hybridized carbons (Fsp3) is 0.118. The number of halogens is 1. The molecule has 1 heterocycles. The van der Waals surface area contributed by atoms with E-state index in [1.807, 2.05) is 12.1 Å².